The van der Waals surface area contributed by atoms with Crippen LogP contribution in [0.1, 0.15) is 16.4 Å². The summed E-state index contributed by atoms with van der Waals surface area (Å²) in [7, 11) is 0. The van der Waals surface area contributed by atoms with E-state index in [2.05, 4.69) is 36.8 Å². The van der Waals surface area contributed by atoms with Crippen LogP contribution in [0.4, 0.5) is 5.69 Å². The number of imide groups is 1. The summed E-state index contributed by atoms with van der Waals surface area (Å²) in [6.07, 6.45) is 0. The summed E-state index contributed by atoms with van der Waals surface area (Å²) in [6, 6.07) is 14.8. The highest BCUT2D eigenvalue weighted by atomic mass is 79.9. The Kier molecular flexibility index (Phi) is 4.81. The molecule has 1 N–H and O–H groups in total. The van der Waals surface area contributed by atoms with Crippen LogP contribution in [-0.4, -0.2) is 22.0 Å². The molecule has 0 spiro atoms. The number of thioether (sulfide) groups is 1. The van der Waals surface area contributed by atoms with Crippen molar-refractivity contribution >= 4 is 72.5 Å². The summed E-state index contributed by atoms with van der Waals surface area (Å²) < 4.78 is 1.76. The van der Waals surface area contributed by atoms with Gasteiger partial charge in [0.05, 0.1) is 16.6 Å². The summed E-state index contributed by atoms with van der Waals surface area (Å²) in [5.41, 5.74) is 1.47. The molecule has 0 bridgehead atoms. The van der Waals surface area contributed by atoms with Gasteiger partial charge in [-0.15, -0.1) is 0 Å². The lowest BCUT2D eigenvalue weighted by Crippen LogP contribution is -2.32. The molecule has 1 saturated heterocycles. The van der Waals surface area contributed by atoms with Crippen molar-refractivity contribution in [1.82, 2.24) is 4.98 Å². The van der Waals surface area contributed by atoms with Crippen molar-refractivity contribution in [3.8, 4) is 0 Å². The quantitative estimate of drug-likeness (QED) is 0.466. The van der Waals surface area contributed by atoms with Gasteiger partial charge in [-0.25, -0.2) is 4.90 Å². The molecule has 0 radical (unpaired) electrons. The molecule has 146 valence electrons. The van der Waals surface area contributed by atoms with Crippen LogP contribution in [0.5, 0.6) is 0 Å². The monoisotopic (exact) mass is 550 g/mol. The van der Waals surface area contributed by atoms with Crippen LogP contribution in [0, 0.1) is 5.92 Å². The largest absolute Gasteiger partial charge is 0.307 e. The number of halogens is 2. The maximum Gasteiger partial charge on any atom is 0.305 e. The fraction of sp³-hybridized carbons (Fsp3) is 0.150. The highest BCUT2D eigenvalue weighted by Crippen LogP contribution is 2.53. The second kappa shape index (κ2) is 7.23. The normalized spacial score (nSPS) is 23.2. The van der Waals surface area contributed by atoms with E-state index in [4.69, 9.17) is 0 Å². The Morgan fingerprint density at radius 1 is 0.931 bits per heavy atom. The molecule has 3 heterocycles. The van der Waals surface area contributed by atoms with Gasteiger partial charge in [0.1, 0.15) is 5.25 Å². The molecule has 2 aliphatic rings. The van der Waals surface area contributed by atoms with E-state index in [1.54, 1.807) is 12.1 Å². The average Bonchev–Trinajstić information content (AvgIpc) is 3.18. The van der Waals surface area contributed by atoms with E-state index in [0.29, 0.717) is 10.7 Å². The Bertz CT molecular complexity index is 1200. The molecule has 3 aromatic rings. The Morgan fingerprint density at radius 2 is 1.69 bits per heavy atom. The molecule has 9 heteroatoms. The Hall–Kier alpha value is -1.68. The maximum absolute atomic E-state index is 13.5. The molecular formula is C20H12Br2N2O3S2. The van der Waals surface area contributed by atoms with E-state index in [-0.39, 0.29) is 22.6 Å². The number of rotatable bonds is 2. The summed E-state index contributed by atoms with van der Waals surface area (Å²) in [6.45, 7) is 0. The average molecular weight is 552 g/mol. The third kappa shape index (κ3) is 3.15. The number of H-pyrrole nitrogens is 1. The lowest BCUT2D eigenvalue weighted by Gasteiger charge is -2.29. The number of nitrogens with zero attached hydrogens (tertiary/aromatic N) is 1. The van der Waals surface area contributed by atoms with E-state index in [1.165, 1.54) is 16.7 Å². The number of carbonyl (C=O) groups excluding carboxylic acids is 2. The molecule has 1 aromatic heterocycles. The number of nitrogens with one attached hydrogen (secondary N) is 1. The summed E-state index contributed by atoms with van der Waals surface area (Å²) in [5.74, 6) is -1.39. The minimum absolute atomic E-state index is 0.174. The first-order valence-corrected chi connectivity index (χ1v) is 12.0. The molecule has 2 amide bonds. The lowest BCUT2D eigenvalue weighted by molar-refractivity contribution is -0.122. The zero-order valence-electron chi connectivity index (χ0n) is 14.6. The van der Waals surface area contributed by atoms with Crippen molar-refractivity contribution in [2.24, 2.45) is 5.92 Å². The predicted molar refractivity (Wildman–Crippen MR) is 121 cm³/mol. The third-order valence-electron chi connectivity index (χ3n) is 5.12. The van der Waals surface area contributed by atoms with Crippen LogP contribution in [0.25, 0.3) is 0 Å². The topological polar surface area (TPSA) is 70.2 Å². The number of hydrogen-bond donors (Lipinski definition) is 1. The molecule has 3 atom stereocenters. The Morgan fingerprint density at radius 3 is 2.41 bits per heavy atom. The van der Waals surface area contributed by atoms with Crippen LogP contribution in [-0.2, 0) is 9.59 Å². The lowest BCUT2D eigenvalue weighted by atomic mass is 9.83. The number of aromatic amines is 1. The number of anilines is 1. The number of hydrogen-bond acceptors (Lipinski definition) is 5. The number of amides is 2. The Labute approximate surface area is 190 Å². The summed E-state index contributed by atoms with van der Waals surface area (Å²) >= 11 is 9.28. The first-order valence-electron chi connectivity index (χ1n) is 8.72. The van der Waals surface area contributed by atoms with Gasteiger partial charge in [0.25, 0.3) is 0 Å². The second-order valence-electron chi connectivity index (χ2n) is 6.79. The van der Waals surface area contributed by atoms with Crippen molar-refractivity contribution in [3.05, 3.63) is 77.6 Å². The number of benzene rings is 2. The first kappa shape index (κ1) is 19.3. The predicted octanol–water partition coefficient (Wildman–Crippen LogP) is 4.76. The first-order chi connectivity index (χ1) is 13.9. The van der Waals surface area contributed by atoms with Crippen molar-refractivity contribution in [2.45, 2.75) is 16.2 Å². The molecule has 0 aliphatic carbocycles. The zero-order valence-corrected chi connectivity index (χ0v) is 19.4. The molecule has 5 nitrogen and oxygen atoms in total. The van der Waals surface area contributed by atoms with E-state index >= 15 is 0 Å². The Balaban J connectivity index is 1.66. The van der Waals surface area contributed by atoms with Gasteiger partial charge in [0.2, 0.25) is 11.8 Å². The summed E-state index contributed by atoms with van der Waals surface area (Å²) in [5, 5.41) is 0.109. The van der Waals surface area contributed by atoms with Gasteiger partial charge < -0.3 is 4.98 Å². The number of aromatic nitrogens is 1. The zero-order chi connectivity index (χ0) is 20.3. The van der Waals surface area contributed by atoms with Crippen LogP contribution >= 0.6 is 55.0 Å². The number of carbonyl (C=O) groups is 2. The van der Waals surface area contributed by atoms with Gasteiger partial charge in [-0.05, 0) is 42.0 Å². The number of fused-ring (bicyclic) bond motifs is 2. The van der Waals surface area contributed by atoms with Crippen molar-refractivity contribution in [1.29, 1.82) is 0 Å². The minimum atomic E-state index is -0.576. The molecule has 2 aromatic carbocycles. The molecule has 5 rings (SSSR count). The van der Waals surface area contributed by atoms with Gasteiger partial charge >= 0.3 is 4.87 Å². The molecule has 1 fully saturated rings. The fourth-order valence-corrected chi connectivity index (χ4v) is 7.12. The standard InChI is InChI=1S/C20H12Br2N2O3S2/c21-10-4-6-12(7-5-10)24-18(25)14-13(9-2-1-3-11(22)8-9)15-17(23-20(27)29-15)28-16(14)19(24)26/h1-8,13-14,16H,(H,23,27)/t13-,14-,16+/m0/s1. The van der Waals surface area contributed by atoms with Gasteiger partial charge in [-0.3, -0.25) is 14.4 Å². The molecule has 0 unspecified atom stereocenters. The smallest absolute Gasteiger partial charge is 0.305 e. The highest BCUT2D eigenvalue weighted by Gasteiger charge is 2.56. The van der Waals surface area contributed by atoms with Crippen LogP contribution < -0.4 is 9.77 Å². The third-order valence-corrected chi connectivity index (χ3v) is 8.54. The van der Waals surface area contributed by atoms with E-state index in [9.17, 15) is 14.4 Å². The van der Waals surface area contributed by atoms with Crippen molar-refractivity contribution in [2.75, 3.05) is 4.90 Å². The molecule has 29 heavy (non-hydrogen) atoms. The van der Waals surface area contributed by atoms with Gasteiger partial charge in [0.15, 0.2) is 0 Å². The van der Waals surface area contributed by atoms with E-state index < -0.39 is 11.2 Å². The van der Waals surface area contributed by atoms with Crippen LogP contribution in [0.15, 0.2) is 67.3 Å². The van der Waals surface area contributed by atoms with Crippen molar-refractivity contribution in [3.63, 3.8) is 0 Å². The minimum Gasteiger partial charge on any atom is -0.307 e. The number of thiazole rings is 1. The van der Waals surface area contributed by atoms with Crippen molar-refractivity contribution < 1.29 is 9.59 Å². The molecular weight excluding hydrogens is 540 g/mol. The van der Waals surface area contributed by atoms with Gasteiger partial charge in [-0.2, -0.15) is 0 Å². The SMILES string of the molecule is O=C1[C@H]2[C@H](c3cccc(Br)c3)c3sc(=O)[nH]c3S[C@H]2C(=O)N1c1ccc(Br)cc1. The van der Waals surface area contributed by atoms with Crippen LogP contribution in [0.2, 0.25) is 0 Å². The van der Waals surface area contributed by atoms with Gasteiger partial charge in [-0.1, -0.05) is 67.1 Å². The molecule has 0 saturated carbocycles. The maximum atomic E-state index is 13.5. The summed E-state index contributed by atoms with van der Waals surface area (Å²) in [4.78, 5) is 43.6. The van der Waals surface area contributed by atoms with E-state index in [0.717, 1.165) is 30.7 Å². The van der Waals surface area contributed by atoms with Gasteiger partial charge in [0, 0.05) is 19.7 Å². The highest BCUT2D eigenvalue weighted by molar-refractivity contribution is 9.10. The second-order valence-corrected chi connectivity index (χ2v) is 10.8. The van der Waals surface area contributed by atoms with E-state index in [1.807, 2.05) is 36.4 Å². The van der Waals surface area contributed by atoms with Crippen LogP contribution in [0.3, 0.4) is 0 Å². The molecule has 2 aliphatic heterocycles. The fourth-order valence-electron chi connectivity index (χ4n) is 3.92.